The van der Waals surface area contributed by atoms with Crippen LogP contribution in [0.15, 0.2) is 30.3 Å². The van der Waals surface area contributed by atoms with Crippen LogP contribution in [-0.2, 0) is 15.3 Å². The van der Waals surface area contributed by atoms with Gasteiger partial charge in [0.25, 0.3) is 0 Å². The standard InChI is InChI=1S/C17H26O2/c1-4-10-16-14(5-2)13-18-17(6-3,19-16)15-11-8-7-9-12-15/h7-9,11-12,14,16H,4-6,10,13H2,1-3H3/t14-,16+,17+/m0/s1. The molecule has 0 aromatic heterocycles. The highest BCUT2D eigenvalue weighted by Crippen LogP contribution is 2.39. The summed E-state index contributed by atoms with van der Waals surface area (Å²) in [5.74, 6) is -0.00409. The third-order valence-corrected chi connectivity index (χ3v) is 4.17. The van der Waals surface area contributed by atoms with E-state index in [1.807, 2.05) is 6.07 Å². The molecule has 19 heavy (non-hydrogen) atoms. The monoisotopic (exact) mass is 262 g/mol. The molecule has 0 N–H and O–H groups in total. The second kappa shape index (κ2) is 6.53. The molecule has 3 atom stereocenters. The topological polar surface area (TPSA) is 18.5 Å². The minimum absolute atomic E-state index is 0.323. The van der Waals surface area contributed by atoms with Crippen molar-refractivity contribution in [1.29, 1.82) is 0 Å². The normalized spacial score (nSPS) is 31.3. The smallest absolute Gasteiger partial charge is 0.194 e. The van der Waals surface area contributed by atoms with Crippen LogP contribution in [0, 0.1) is 5.92 Å². The van der Waals surface area contributed by atoms with E-state index in [1.165, 1.54) is 0 Å². The van der Waals surface area contributed by atoms with Gasteiger partial charge in [0, 0.05) is 17.9 Å². The maximum Gasteiger partial charge on any atom is 0.194 e. The summed E-state index contributed by atoms with van der Waals surface area (Å²) >= 11 is 0. The van der Waals surface area contributed by atoms with Crippen LogP contribution >= 0.6 is 0 Å². The molecule has 2 nitrogen and oxygen atoms in total. The summed E-state index contributed by atoms with van der Waals surface area (Å²) in [5, 5.41) is 0. The van der Waals surface area contributed by atoms with Gasteiger partial charge < -0.3 is 9.47 Å². The fourth-order valence-corrected chi connectivity index (χ4v) is 2.92. The summed E-state index contributed by atoms with van der Waals surface area (Å²) in [7, 11) is 0. The van der Waals surface area contributed by atoms with Crippen molar-refractivity contribution in [2.75, 3.05) is 6.61 Å². The van der Waals surface area contributed by atoms with Gasteiger partial charge in [-0.15, -0.1) is 0 Å². The van der Waals surface area contributed by atoms with Gasteiger partial charge in [0.05, 0.1) is 12.7 Å². The lowest BCUT2D eigenvalue weighted by atomic mass is 9.92. The Labute approximate surface area is 117 Å². The third kappa shape index (κ3) is 3.01. The van der Waals surface area contributed by atoms with Crippen LogP contribution < -0.4 is 0 Å². The maximum absolute atomic E-state index is 6.43. The van der Waals surface area contributed by atoms with Crippen LogP contribution in [0.3, 0.4) is 0 Å². The molecule has 0 radical (unpaired) electrons. The van der Waals surface area contributed by atoms with E-state index in [9.17, 15) is 0 Å². The van der Waals surface area contributed by atoms with Gasteiger partial charge in [-0.3, -0.25) is 0 Å². The summed E-state index contributed by atoms with van der Waals surface area (Å²) in [6.07, 6.45) is 4.59. The Kier molecular flexibility index (Phi) is 5.00. The van der Waals surface area contributed by atoms with E-state index in [4.69, 9.17) is 9.47 Å². The first kappa shape index (κ1) is 14.5. The molecular weight excluding hydrogens is 236 g/mol. The average Bonchev–Trinajstić information content (AvgIpc) is 2.48. The molecule has 1 aliphatic heterocycles. The maximum atomic E-state index is 6.43. The zero-order valence-corrected chi connectivity index (χ0v) is 12.4. The van der Waals surface area contributed by atoms with Gasteiger partial charge in [-0.25, -0.2) is 0 Å². The van der Waals surface area contributed by atoms with Gasteiger partial charge in [-0.1, -0.05) is 57.5 Å². The summed E-state index contributed by atoms with van der Waals surface area (Å²) in [6, 6.07) is 10.4. The Morgan fingerprint density at radius 2 is 1.89 bits per heavy atom. The first-order chi connectivity index (χ1) is 9.25. The molecule has 0 spiro atoms. The molecule has 1 heterocycles. The first-order valence-corrected chi connectivity index (χ1v) is 7.63. The highest BCUT2D eigenvalue weighted by molar-refractivity contribution is 5.20. The quantitative estimate of drug-likeness (QED) is 0.778. The van der Waals surface area contributed by atoms with Crippen molar-refractivity contribution in [1.82, 2.24) is 0 Å². The lowest BCUT2D eigenvalue weighted by molar-refractivity contribution is -0.323. The molecular formula is C17H26O2. The fourth-order valence-electron chi connectivity index (χ4n) is 2.92. The van der Waals surface area contributed by atoms with Crippen LogP contribution in [0.1, 0.15) is 52.0 Å². The van der Waals surface area contributed by atoms with E-state index < -0.39 is 5.79 Å². The minimum Gasteiger partial charge on any atom is -0.345 e. The molecule has 0 aliphatic carbocycles. The number of rotatable bonds is 5. The Hall–Kier alpha value is -0.860. The van der Waals surface area contributed by atoms with Crippen molar-refractivity contribution in [2.45, 2.75) is 58.3 Å². The Morgan fingerprint density at radius 1 is 1.16 bits per heavy atom. The predicted octanol–water partition coefficient (Wildman–Crippen LogP) is 4.49. The third-order valence-electron chi connectivity index (χ3n) is 4.17. The molecule has 1 aromatic rings. The van der Waals surface area contributed by atoms with E-state index in [1.54, 1.807) is 0 Å². The Balaban J connectivity index is 2.22. The lowest BCUT2D eigenvalue weighted by Crippen LogP contribution is -2.46. The van der Waals surface area contributed by atoms with Crippen molar-refractivity contribution in [3.8, 4) is 0 Å². The van der Waals surface area contributed by atoms with Gasteiger partial charge >= 0.3 is 0 Å². The first-order valence-electron chi connectivity index (χ1n) is 7.63. The molecule has 1 fully saturated rings. The van der Waals surface area contributed by atoms with E-state index >= 15 is 0 Å². The Bertz CT molecular complexity index is 376. The van der Waals surface area contributed by atoms with Crippen molar-refractivity contribution < 1.29 is 9.47 Å². The van der Waals surface area contributed by atoms with Crippen LogP contribution in [0.25, 0.3) is 0 Å². The van der Waals surface area contributed by atoms with Gasteiger partial charge in [0.15, 0.2) is 5.79 Å². The molecule has 1 aromatic carbocycles. The molecule has 0 amide bonds. The SMILES string of the molecule is CCC[C@H]1O[C@](CC)(c2ccccc2)OC[C@@H]1CC. The van der Waals surface area contributed by atoms with Gasteiger partial charge in [-0.2, -0.15) is 0 Å². The van der Waals surface area contributed by atoms with E-state index in [2.05, 4.69) is 45.0 Å². The highest BCUT2D eigenvalue weighted by atomic mass is 16.7. The molecule has 0 unspecified atom stereocenters. The molecule has 1 saturated heterocycles. The molecule has 1 aliphatic rings. The van der Waals surface area contributed by atoms with Crippen molar-refractivity contribution >= 4 is 0 Å². The van der Waals surface area contributed by atoms with E-state index in [0.717, 1.165) is 37.9 Å². The minimum atomic E-state index is -0.535. The summed E-state index contributed by atoms with van der Waals surface area (Å²) in [4.78, 5) is 0. The van der Waals surface area contributed by atoms with Gasteiger partial charge in [0.1, 0.15) is 0 Å². The van der Waals surface area contributed by atoms with Crippen LogP contribution in [0.5, 0.6) is 0 Å². The van der Waals surface area contributed by atoms with Gasteiger partial charge in [0.2, 0.25) is 0 Å². The fraction of sp³-hybridized carbons (Fsp3) is 0.647. The molecule has 0 bridgehead atoms. The van der Waals surface area contributed by atoms with Crippen molar-refractivity contribution in [2.24, 2.45) is 5.92 Å². The largest absolute Gasteiger partial charge is 0.345 e. The molecule has 0 saturated carbocycles. The number of hydrogen-bond donors (Lipinski definition) is 0. The van der Waals surface area contributed by atoms with Crippen molar-refractivity contribution in [3.63, 3.8) is 0 Å². The second-order valence-electron chi connectivity index (χ2n) is 5.40. The van der Waals surface area contributed by atoms with Crippen LogP contribution in [0.2, 0.25) is 0 Å². The summed E-state index contributed by atoms with van der Waals surface area (Å²) < 4.78 is 12.6. The zero-order valence-electron chi connectivity index (χ0n) is 12.4. The molecule has 2 heteroatoms. The number of hydrogen-bond acceptors (Lipinski definition) is 2. The highest BCUT2D eigenvalue weighted by Gasteiger charge is 2.41. The lowest BCUT2D eigenvalue weighted by Gasteiger charge is -2.44. The zero-order chi connectivity index (χ0) is 13.7. The summed E-state index contributed by atoms with van der Waals surface area (Å²) in [6.45, 7) is 7.40. The second-order valence-corrected chi connectivity index (χ2v) is 5.40. The van der Waals surface area contributed by atoms with Crippen LogP contribution in [-0.4, -0.2) is 12.7 Å². The molecule has 2 rings (SSSR count). The molecule has 106 valence electrons. The Morgan fingerprint density at radius 3 is 2.47 bits per heavy atom. The van der Waals surface area contributed by atoms with Gasteiger partial charge in [-0.05, 0) is 12.8 Å². The van der Waals surface area contributed by atoms with Crippen molar-refractivity contribution in [3.05, 3.63) is 35.9 Å². The summed E-state index contributed by atoms with van der Waals surface area (Å²) in [5.41, 5.74) is 1.15. The number of benzene rings is 1. The van der Waals surface area contributed by atoms with Crippen LogP contribution in [0.4, 0.5) is 0 Å². The number of ether oxygens (including phenoxy) is 2. The average molecular weight is 262 g/mol. The predicted molar refractivity (Wildman–Crippen MR) is 77.9 cm³/mol. The van der Waals surface area contributed by atoms with E-state index in [0.29, 0.717) is 12.0 Å². The van der Waals surface area contributed by atoms with E-state index in [-0.39, 0.29) is 0 Å².